The summed E-state index contributed by atoms with van der Waals surface area (Å²) in [5.74, 6) is -3.37. The van der Waals surface area contributed by atoms with Gasteiger partial charge in [-0.3, -0.25) is 19.6 Å². The van der Waals surface area contributed by atoms with Crippen LogP contribution in [-0.4, -0.2) is 59.9 Å². The third-order valence-electron chi connectivity index (χ3n) is 3.84. The van der Waals surface area contributed by atoms with Crippen molar-refractivity contribution in [1.29, 1.82) is 0 Å². The fourth-order valence-electron chi connectivity index (χ4n) is 2.20. The molecule has 9 heteroatoms. The number of nitrogens with one attached hydrogen (secondary N) is 3. The maximum Gasteiger partial charge on any atom is 0.272 e. The molecule has 0 fully saturated rings. The van der Waals surface area contributed by atoms with Crippen LogP contribution in [-0.2, 0) is 19.1 Å². The Hall–Kier alpha value is -1.71. The molecule has 140 valence electrons. The van der Waals surface area contributed by atoms with Gasteiger partial charge in [0, 0.05) is 14.2 Å². The number of aliphatic hydroxyl groups is 1. The van der Waals surface area contributed by atoms with Gasteiger partial charge in [0.2, 0.25) is 11.8 Å². The van der Waals surface area contributed by atoms with Crippen LogP contribution in [0.4, 0.5) is 0 Å². The van der Waals surface area contributed by atoms with Crippen molar-refractivity contribution >= 4 is 17.7 Å². The molecule has 0 heterocycles. The van der Waals surface area contributed by atoms with Crippen molar-refractivity contribution in [3.63, 3.8) is 0 Å². The lowest BCUT2D eigenvalue weighted by Gasteiger charge is -2.34. The Morgan fingerprint density at radius 1 is 1.12 bits per heavy atom. The first-order chi connectivity index (χ1) is 11.0. The molecule has 0 rings (SSSR count). The summed E-state index contributed by atoms with van der Waals surface area (Å²) in [4.78, 5) is 36.1. The minimum Gasteiger partial charge on any atom is -0.382 e. The molecule has 0 radical (unpaired) electrons. The Kier molecular flexibility index (Phi) is 8.87. The molecule has 5 N–H and O–H groups in total. The molecule has 3 amide bonds. The monoisotopic (exact) mass is 347 g/mol. The van der Waals surface area contributed by atoms with E-state index in [-0.39, 0.29) is 12.3 Å². The largest absolute Gasteiger partial charge is 0.382 e. The second-order valence-electron chi connectivity index (χ2n) is 6.52. The van der Waals surface area contributed by atoms with Crippen LogP contribution in [0.5, 0.6) is 0 Å². The summed E-state index contributed by atoms with van der Waals surface area (Å²) in [6.07, 6.45) is -1.55. The maximum atomic E-state index is 12.6. The molecule has 9 nitrogen and oxygen atoms in total. The Labute approximate surface area is 142 Å². The lowest BCUT2D eigenvalue weighted by atomic mass is 9.89. The van der Waals surface area contributed by atoms with Crippen molar-refractivity contribution < 1.29 is 29.4 Å². The van der Waals surface area contributed by atoms with Gasteiger partial charge in [0.1, 0.15) is 12.1 Å². The Bertz CT molecular complexity index is 452. The number of carbonyl (C=O) groups is 3. The number of likely N-dealkylation sites (N-methyl/N-ethyl adjacent to an activating group) is 1. The predicted octanol–water partition coefficient (Wildman–Crippen LogP) is -0.829. The number of aliphatic hydroxyl groups excluding tert-OH is 1. The number of ether oxygens (including phenoxy) is 1. The number of hydrogen-bond acceptors (Lipinski definition) is 6. The topological polar surface area (TPSA) is 137 Å². The average Bonchev–Trinajstić information content (AvgIpc) is 2.54. The molecule has 0 saturated carbocycles. The van der Waals surface area contributed by atoms with Gasteiger partial charge in [-0.05, 0) is 26.2 Å². The lowest BCUT2D eigenvalue weighted by molar-refractivity contribution is -0.148. The Balaban J connectivity index is 5.45. The minimum atomic E-state index is -1.74. The highest BCUT2D eigenvalue weighted by atomic mass is 16.5. The van der Waals surface area contributed by atoms with Crippen molar-refractivity contribution in [2.75, 3.05) is 14.2 Å². The summed E-state index contributed by atoms with van der Waals surface area (Å²) < 4.78 is 5.26. The molecule has 3 atom stereocenters. The SMILES string of the molecule is CNC(=O)C(NC(=O)C(CC(C)C)C(O)C(=O)NO)C(C)(C)OC. The van der Waals surface area contributed by atoms with E-state index >= 15 is 0 Å². The number of methoxy groups -OCH3 is 1. The van der Waals surface area contributed by atoms with Crippen LogP contribution in [0.3, 0.4) is 0 Å². The van der Waals surface area contributed by atoms with E-state index in [2.05, 4.69) is 10.6 Å². The third kappa shape index (κ3) is 6.06. The standard InChI is InChI=1S/C15H29N3O6/c1-8(2)7-9(10(19)13(21)18-23)12(20)17-11(14(22)16-5)15(3,4)24-6/h8-11,19,23H,7H2,1-6H3,(H,16,22)(H,17,20)(H,18,21). The van der Waals surface area contributed by atoms with Crippen LogP contribution < -0.4 is 16.1 Å². The van der Waals surface area contributed by atoms with Crippen LogP contribution in [0.2, 0.25) is 0 Å². The normalized spacial score (nSPS) is 15.4. The summed E-state index contributed by atoms with van der Waals surface area (Å²) in [6, 6.07) is -1.03. The lowest BCUT2D eigenvalue weighted by Crippen LogP contribution is -2.60. The molecule has 0 aliphatic heterocycles. The highest BCUT2D eigenvalue weighted by molar-refractivity contribution is 5.92. The molecule has 0 aromatic rings. The van der Waals surface area contributed by atoms with Crippen molar-refractivity contribution in [2.24, 2.45) is 11.8 Å². The third-order valence-corrected chi connectivity index (χ3v) is 3.84. The van der Waals surface area contributed by atoms with Gasteiger partial charge in [-0.1, -0.05) is 13.8 Å². The van der Waals surface area contributed by atoms with E-state index in [4.69, 9.17) is 9.94 Å². The van der Waals surface area contributed by atoms with Gasteiger partial charge in [0.25, 0.3) is 5.91 Å². The van der Waals surface area contributed by atoms with Gasteiger partial charge in [0.05, 0.1) is 11.5 Å². The fourth-order valence-corrected chi connectivity index (χ4v) is 2.20. The second-order valence-corrected chi connectivity index (χ2v) is 6.52. The number of hydroxylamine groups is 1. The molecule has 24 heavy (non-hydrogen) atoms. The summed E-state index contributed by atoms with van der Waals surface area (Å²) >= 11 is 0. The smallest absolute Gasteiger partial charge is 0.272 e. The highest BCUT2D eigenvalue weighted by Crippen LogP contribution is 2.19. The van der Waals surface area contributed by atoms with Crippen molar-refractivity contribution in [2.45, 2.75) is 51.9 Å². The quantitative estimate of drug-likeness (QED) is 0.273. The van der Waals surface area contributed by atoms with Crippen molar-refractivity contribution in [3.8, 4) is 0 Å². The Morgan fingerprint density at radius 3 is 2.04 bits per heavy atom. The molecule has 0 bridgehead atoms. The molecule has 0 spiro atoms. The zero-order valence-corrected chi connectivity index (χ0v) is 15.0. The van der Waals surface area contributed by atoms with Crippen LogP contribution >= 0.6 is 0 Å². The molecular formula is C15H29N3O6. The first kappa shape index (κ1) is 22.3. The summed E-state index contributed by atoms with van der Waals surface area (Å²) in [7, 11) is 2.83. The van der Waals surface area contributed by atoms with Gasteiger partial charge in [-0.25, -0.2) is 5.48 Å². The predicted molar refractivity (Wildman–Crippen MR) is 86.0 cm³/mol. The van der Waals surface area contributed by atoms with E-state index in [9.17, 15) is 19.5 Å². The number of carbonyl (C=O) groups excluding carboxylic acids is 3. The van der Waals surface area contributed by atoms with Crippen molar-refractivity contribution in [3.05, 3.63) is 0 Å². The fraction of sp³-hybridized carbons (Fsp3) is 0.800. The van der Waals surface area contributed by atoms with E-state index in [1.54, 1.807) is 13.8 Å². The number of hydrogen-bond donors (Lipinski definition) is 5. The van der Waals surface area contributed by atoms with Gasteiger partial charge in [0.15, 0.2) is 0 Å². The molecule has 0 saturated heterocycles. The van der Waals surface area contributed by atoms with Crippen LogP contribution in [0.15, 0.2) is 0 Å². The van der Waals surface area contributed by atoms with Crippen LogP contribution in [0.1, 0.15) is 34.1 Å². The molecule has 0 aromatic carbocycles. The van der Waals surface area contributed by atoms with Crippen LogP contribution in [0, 0.1) is 11.8 Å². The van der Waals surface area contributed by atoms with Crippen molar-refractivity contribution in [1.82, 2.24) is 16.1 Å². The average molecular weight is 347 g/mol. The summed E-state index contributed by atoms with van der Waals surface area (Å²) in [5.41, 5.74) is 0.318. The summed E-state index contributed by atoms with van der Waals surface area (Å²) in [6.45, 7) is 6.89. The Morgan fingerprint density at radius 2 is 1.67 bits per heavy atom. The van der Waals surface area contributed by atoms with Gasteiger partial charge >= 0.3 is 0 Å². The molecule has 3 unspecified atom stereocenters. The second kappa shape index (κ2) is 9.55. The van der Waals surface area contributed by atoms with Gasteiger partial charge in [-0.15, -0.1) is 0 Å². The molecular weight excluding hydrogens is 318 g/mol. The summed E-state index contributed by atoms with van der Waals surface area (Å²) in [5, 5.41) is 23.6. The number of rotatable bonds is 9. The zero-order valence-electron chi connectivity index (χ0n) is 15.0. The van der Waals surface area contributed by atoms with E-state index in [1.165, 1.54) is 19.6 Å². The number of amides is 3. The first-order valence-corrected chi connectivity index (χ1v) is 7.70. The molecule has 0 aromatic heterocycles. The van der Waals surface area contributed by atoms with E-state index in [1.807, 2.05) is 13.8 Å². The van der Waals surface area contributed by atoms with Gasteiger partial charge in [-0.2, -0.15) is 0 Å². The van der Waals surface area contributed by atoms with E-state index in [0.29, 0.717) is 0 Å². The minimum absolute atomic E-state index is 0.00391. The van der Waals surface area contributed by atoms with E-state index < -0.39 is 41.4 Å². The van der Waals surface area contributed by atoms with Gasteiger partial charge < -0.3 is 20.5 Å². The first-order valence-electron chi connectivity index (χ1n) is 7.70. The zero-order chi connectivity index (χ0) is 19.1. The van der Waals surface area contributed by atoms with Crippen LogP contribution in [0.25, 0.3) is 0 Å². The highest BCUT2D eigenvalue weighted by Gasteiger charge is 2.40. The maximum absolute atomic E-state index is 12.6. The molecule has 0 aliphatic carbocycles. The molecule has 0 aliphatic rings. The van der Waals surface area contributed by atoms with E-state index in [0.717, 1.165) is 0 Å².